The second-order valence-corrected chi connectivity index (χ2v) is 6.66. The first kappa shape index (κ1) is 19.1. The van der Waals surface area contributed by atoms with Gasteiger partial charge in [-0.25, -0.2) is 9.78 Å². The molecule has 0 aliphatic carbocycles. The largest absolute Gasteiger partial charge is 0.478 e. The number of rotatable bonds is 5. The lowest BCUT2D eigenvalue weighted by molar-refractivity contribution is 0.0698. The number of hydrogen-bond acceptors (Lipinski definition) is 3. The minimum atomic E-state index is -1.11. The Morgan fingerprint density at radius 2 is 1.37 bits per heavy atom. The quantitative estimate of drug-likeness (QED) is 0.477. The summed E-state index contributed by atoms with van der Waals surface area (Å²) in [6.45, 7) is 0. The van der Waals surface area contributed by atoms with Gasteiger partial charge in [-0.2, -0.15) is 0 Å². The molecular formula is C25H18N2O3. The van der Waals surface area contributed by atoms with Gasteiger partial charge in [0.1, 0.15) is 5.69 Å². The lowest BCUT2D eigenvalue weighted by Crippen LogP contribution is -2.16. The van der Waals surface area contributed by atoms with E-state index < -0.39 is 11.9 Å². The number of carbonyl (C=O) groups excluding carboxylic acids is 1. The van der Waals surface area contributed by atoms with Gasteiger partial charge in [0.25, 0.3) is 5.91 Å². The first-order valence-electron chi connectivity index (χ1n) is 9.38. The van der Waals surface area contributed by atoms with Crippen LogP contribution in [0.4, 0.5) is 5.69 Å². The molecule has 1 amide bonds. The topological polar surface area (TPSA) is 79.3 Å². The molecule has 0 fully saturated rings. The molecular weight excluding hydrogens is 376 g/mol. The number of hydrogen-bond donors (Lipinski definition) is 2. The van der Waals surface area contributed by atoms with E-state index in [1.54, 1.807) is 24.3 Å². The van der Waals surface area contributed by atoms with E-state index in [1.165, 1.54) is 6.07 Å². The fourth-order valence-electron chi connectivity index (χ4n) is 3.16. The third kappa shape index (κ3) is 4.10. The van der Waals surface area contributed by atoms with Crippen LogP contribution >= 0.6 is 0 Å². The van der Waals surface area contributed by atoms with Crippen molar-refractivity contribution < 1.29 is 14.7 Å². The van der Waals surface area contributed by atoms with E-state index in [0.29, 0.717) is 5.69 Å². The number of carboxylic acid groups (broad SMARTS) is 1. The minimum absolute atomic E-state index is 0.0160. The van der Waals surface area contributed by atoms with Gasteiger partial charge < -0.3 is 10.4 Å². The lowest BCUT2D eigenvalue weighted by Gasteiger charge is -2.11. The van der Waals surface area contributed by atoms with E-state index in [1.807, 2.05) is 66.7 Å². The monoisotopic (exact) mass is 394 g/mol. The second kappa shape index (κ2) is 8.41. The van der Waals surface area contributed by atoms with Crippen LogP contribution in [0.5, 0.6) is 0 Å². The summed E-state index contributed by atoms with van der Waals surface area (Å²) in [6, 6.07) is 29.2. The number of amides is 1. The average Bonchev–Trinajstić information content (AvgIpc) is 2.80. The van der Waals surface area contributed by atoms with Crippen molar-refractivity contribution in [2.75, 3.05) is 5.32 Å². The van der Waals surface area contributed by atoms with Crippen LogP contribution < -0.4 is 5.32 Å². The molecule has 1 aromatic heterocycles. The first-order valence-corrected chi connectivity index (χ1v) is 9.38. The maximum atomic E-state index is 12.9. The Hall–Kier alpha value is -4.25. The van der Waals surface area contributed by atoms with Crippen LogP contribution in [-0.2, 0) is 0 Å². The van der Waals surface area contributed by atoms with Crippen molar-refractivity contribution in [3.63, 3.8) is 0 Å². The van der Waals surface area contributed by atoms with E-state index in [2.05, 4.69) is 10.3 Å². The summed E-state index contributed by atoms with van der Waals surface area (Å²) in [5.41, 5.74) is 3.74. The molecule has 3 aromatic carbocycles. The highest BCUT2D eigenvalue weighted by atomic mass is 16.4. The van der Waals surface area contributed by atoms with Crippen molar-refractivity contribution >= 4 is 17.6 Å². The third-order valence-electron chi connectivity index (χ3n) is 4.66. The predicted octanol–water partition coefficient (Wildman–Crippen LogP) is 5.37. The van der Waals surface area contributed by atoms with Crippen LogP contribution in [0.1, 0.15) is 20.8 Å². The van der Waals surface area contributed by atoms with Crippen LogP contribution in [-0.4, -0.2) is 22.0 Å². The number of aromatic nitrogens is 1. The summed E-state index contributed by atoms with van der Waals surface area (Å²) in [5, 5.41) is 12.3. The van der Waals surface area contributed by atoms with Gasteiger partial charge in [-0.3, -0.25) is 4.79 Å². The van der Waals surface area contributed by atoms with Crippen molar-refractivity contribution in [3.05, 3.63) is 108 Å². The fourth-order valence-corrected chi connectivity index (χ4v) is 3.16. The Kier molecular flexibility index (Phi) is 5.35. The molecule has 4 rings (SSSR count). The normalized spacial score (nSPS) is 10.4. The molecule has 0 aliphatic heterocycles. The minimum Gasteiger partial charge on any atom is -0.478 e. The Morgan fingerprint density at radius 3 is 2.03 bits per heavy atom. The zero-order valence-electron chi connectivity index (χ0n) is 15.9. The second-order valence-electron chi connectivity index (χ2n) is 6.66. The lowest BCUT2D eigenvalue weighted by atomic mass is 10.0. The number of carbonyl (C=O) groups is 2. The van der Waals surface area contributed by atoms with Crippen LogP contribution in [0.2, 0.25) is 0 Å². The molecule has 0 spiro atoms. The van der Waals surface area contributed by atoms with E-state index in [4.69, 9.17) is 0 Å². The predicted molar refractivity (Wildman–Crippen MR) is 116 cm³/mol. The molecule has 0 saturated heterocycles. The molecule has 30 heavy (non-hydrogen) atoms. The highest BCUT2D eigenvalue weighted by Gasteiger charge is 2.16. The molecule has 2 N–H and O–H groups in total. The van der Waals surface area contributed by atoms with Crippen molar-refractivity contribution in [2.24, 2.45) is 0 Å². The molecule has 0 unspecified atom stereocenters. The zero-order valence-corrected chi connectivity index (χ0v) is 15.9. The summed E-state index contributed by atoms with van der Waals surface area (Å²) in [5.74, 6) is -1.59. The summed E-state index contributed by atoms with van der Waals surface area (Å²) in [6.07, 6.45) is 0. The summed E-state index contributed by atoms with van der Waals surface area (Å²) in [4.78, 5) is 28.9. The standard InChI is InChI=1S/C25H18N2O3/c28-24(22-13-7-12-21(26-22)18-10-5-2-6-11-18)27-23-16-19(14-15-20(23)25(29)30)17-8-3-1-4-9-17/h1-16H,(H,27,28)(H,29,30). The molecule has 146 valence electrons. The van der Waals surface area contributed by atoms with Crippen molar-refractivity contribution in [2.45, 2.75) is 0 Å². The smallest absolute Gasteiger partial charge is 0.337 e. The Labute approximate surface area is 173 Å². The molecule has 0 saturated carbocycles. The van der Waals surface area contributed by atoms with Gasteiger partial charge in [-0.05, 0) is 35.4 Å². The maximum absolute atomic E-state index is 12.9. The van der Waals surface area contributed by atoms with Crippen LogP contribution in [0.25, 0.3) is 22.4 Å². The van der Waals surface area contributed by atoms with Crippen LogP contribution in [0, 0.1) is 0 Å². The molecule has 0 radical (unpaired) electrons. The van der Waals surface area contributed by atoms with E-state index in [9.17, 15) is 14.7 Å². The average molecular weight is 394 g/mol. The molecule has 5 heteroatoms. The van der Waals surface area contributed by atoms with Crippen LogP contribution in [0.3, 0.4) is 0 Å². The Bertz CT molecular complexity index is 1210. The number of anilines is 1. The van der Waals surface area contributed by atoms with Crippen molar-refractivity contribution in [3.8, 4) is 22.4 Å². The molecule has 4 aromatic rings. The summed E-state index contributed by atoms with van der Waals surface area (Å²) in [7, 11) is 0. The number of nitrogens with zero attached hydrogens (tertiary/aromatic N) is 1. The van der Waals surface area contributed by atoms with Gasteiger partial charge >= 0.3 is 5.97 Å². The Morgan fingerprint density at radius 1 is 0.700 bits per heavy atom. The molecule has 0 bridgehead atoms. The number of benzene rings is 3. The number of nitrogens with one attached hydrogen (secondary N) is 1. The third-order valence-corrected chi connectivity index (χ3v) is 4.66. The molecule has 0 atom stereocenters. The van der Waals surface area contributed by atoms with E-state index in [0.717, 1.165) is 16.7 Å². The fraction of sp³-hybridized carbons (Fsp3) is 0. The van der Waals surface area contributed by atoms with Crippen molar-refractivity contribution in [1.29, 1.82) is 0 Å². The molecule has 0 aliphatic rings. The zero-order chi connectivity index (χ0) is 20.9. The number of pyridine rings is 1. The molecule has 1 heterocycles. The highest BCUT2D eigenvalue weighted by Crippen LogP contribution is 2.26. The first-order chi connectivity index (χ1) is 14.6. The SMILES string of the molecule is O=C(Nc1cc(-c2ccccc2)ccc1C(=O)O)c1cccc(-c2ccccc2)n1. The van der Waals surface area contributed by atoms with Gasteiger partial charge in [-0.1, -0.05) is 72.8 Å². The number of aromatic carboxylic acids is 1. The number of carboxylic acids is 1. The maximum Gasteiger partial charge on any atom is 0.337 e. The van der Waals surface area contributed by atoms with Gasteiger partial charge in [0.15, 0.2) is 0 Å². The van der Waals surface area contributed by atoms with E-state index in [-0.39, 0.29) is 16.9 Å². The van der Waals surface area contributed by atoms with Crippen LogP contribution in [0.15, 0.2) is 97.1 Å². The van der Waals surface area contributed by atoms with Gasteiger partial charge in [-0.15, -0.1) is 0 Å². The van der Waals surface area contributed by atoms with Gasteiger partial charge in [0.2, 0.25) is 0 Å². The van der Waals surface area contributed by atoms with E-state index >= 15 is 0 Å². The molecule has 5 nitrogen and oxygen atoms in total. The van der Waals surface area contributed by atoms with Gasteiger partial charge in [0.05, 0.1) is 16.9 Å². The summed E-state index contributed by atoms with van der Waals surface area (Å²) >= 11 is 0. The summed E-state index contributed by atoms with van der Waals surface area (Å²) < 4.78 is 0. The van der Waals surface area contributed by atoms with Gasteiger partial charge in [0, 0.05) is 5.56 Å². The van der Waals surface area contributed by atoms with Crippen molar-refractivity contribution in [1.82, 2.24) is 4.98 Å². The Balaban J connectivity index is 1.66. The highest BCUT2D eigenvalue weighted by molar-refractivity contribution is 6.07.